The fourth-order valence-corrected chi connectivity index (χ4v) is 3.47. The van der Waals surface area contributed by atoms with Crippen molar-refractivity contribution in [2.24, 2.45) is 0 Å². The molecular weight excluding hydrogens is 274 g/mol. The van der Waals surface area contributed by atoms with Gasteiger partial charge in [-0.3, -0.25) is 4.79 Å². The average molecular weight is 294 g/mol. The van der Waals surface area contributed by atoms with Crippen molar-refractivity contribution in [1.29, 1.82) is 0 Å². The third-order valence-corrected chi connectivity index (χ3v) is 4.97. The Hall–Kier alpha value is 0.300. The van der Waals surface area contributed by atoms with Crippen molar-refractivity contribution in [3.05, 3.63) is 0 Å². The zero-order valence-electron chi connectivity index (χ0n) is 9.59. The summed E-state index contributed by atoms with van der Waals surface area (Å²) in [5, 5.41) is 0.973. The highest BCUT2D eigenvalue weighted by molar-refractivity contribution is 9.09. The Morgan fingerprint density at radius 3 is 2.80 bits per heavy atom. The molecule has 1 fully saturated rings. The largest absolute Gasteiger partial charge is 0.342 e. The number of alkyl halides is 1. The molecule has 0 aromatic carbocycles. The second kappa shape index (κ2) is 6.14. The van der Waals surface area contributed by atoms with Crippen LogP contribution >= 0.6 is 27.7 Å². The van der Waals surface area contributed by atoms with Crippen LogP contribution in [-0.4, -0.2) is 39.7 Å². The maximum atomic E-state index is 12.3. The standard InChI is InChI=1S/C11H20BrNOS/c1-3-13(8-5-7-12)10(14)11(2)6-4-9-15-11/h3-9H2,1-2H3. The molecule has 1 amide bonds. The summed E-state index contributed by atoms with van der Waals surface area (Å²) >= 11 is 5.24. The van der Waals surface area contributed by atoms with Gasteiger partial charge in [0, 0.05) is 18.4 Å². The summed E-state index contributed by atoms with van der Waals surface area (Å²) in [6, 6.07) is 0. The van der Waals surface area contributed by atoms with Crippen molar-refractivity contribution < 1.29 is 4.79 Å². The number of carbonyl (C=O) groups is 1. The van der Waals surface area contributed by atoms with Crippen LogP contribution < -0.4 is 0 Å². The molecule has 4 heteroatoms. The monoisotopic (exact) mass is 293 g/mol. The molecule has 1 saturated heterocycles. The fourth-order valence-electron chi connectivity index (χ4n) is 1.94. The zero-order chi connectivity index (χ0) is 11.3. The van der Waals surface area contributed by atoms with E-state index in [1.54, 1.807) is 0 Å². The molecule has 0 aliphatic carbocycles. The number of hydrogen-bond donors (Lipinski definition) is 0. The molecule has 15 heavy (non-hydrogen) atoms. The fraction of sp³-hybridized carbons (Fsp3) is 0.909. The number of amides is 1. The van der Waals surface area contributed by atoms with Crippen LogP contribution in [0.5, 0.6) is 0 Å². The number of hydrogen-bond acceptors (Lipinski definition) is 2. The lowest BCUT2D eigenvalue weighted by Crippen LogP contribution is -2.44. The van der Waals surface area contributed by atoms with Crippen LogP contribution in [0.4, 0.5) is 0 Å². The Morgan fingerprint density at radius 1 is 1.60 bits per heavy atom. The molecule has 0 aromatic rings. The van der Waals surface area contributed by atoms with Crippen molar-refractivity contribution in [3.8, 4) is 0 Å². The maximum absolute atomic E-state index is 12.3. The van der Waals surface area contributed by atoms with E-state index in [1.807, 2.05) is 16.7 Å². The molecule has 88 valence electrons. The summed E-state index contributed by atoms with van der Waals surface area (Å²) < 4.78 is -0.137. The van der Waals surface area contributed by atoms with Gasteiger partial charge in [0.05, 0.1) is 4.75 Å². The van der Waals surface area contributed by atoms with Crippen molar-refractivity contribution in [1.82, 2.24) is 4.90 Å². The van der Waals surface area contributed by atoms with Crippen LogP contribution in [-0.2, 0) is 4.79 Å². The molecule has 1 atom stereocenters. The molecule has 0 spiro atoms. The first-order chi connectivity index (χ1) is 7.14. The maximum Gasteiger partial charge on any atom is 0.238 e. The molecule has 1 aliphatic rings. The van der Waals surface area contributed by atoms with Gasteiger partial charge in [-0.2, -0.15) is 0 Å². The van der Waals surface area contributed by atoms with E-state index in [-0.39, 0.29) is 4.75 Å². The van der Waals surface area contributed by atoms with E-state index in [0.717, 1.165) is 37.0 Å². The first-order valence-corrected chi connectivity index (χ1v) is 7.74. The highest BCUT2D eigenvalue weighted by Crippen LogP contribution is 2.39. The minimum absolute atomic E-state index is 0.137. The molecular formula is C11H20BrNOS. The van der Waals surface area contributed by atoms with Crippen molar-refractivity contribution >= 4 is 33.6 Å². The van der Waals surface area contributed by atoms with E-state index in [2.05, 4.69) is 29.8 Å². The highest BCUT2D eigenvalue weighted by Gasteiger charge is 2.39. The summed E-state index contributed by atoms with van der Waals surface area (Å²) in [5.74, 6) is 1.48. The van der Waals surface area contributed by atoms with Crippen LogP contribution in [0.2, 0.25) is 0 Å². The van der Waals surface area contributed by atoms with Crippen LogP contribution in [0.3, 0.4) is 0 Å². The lowest BCUT2D eigenvalue weighted by Gasteiger charge is -2.30. The molecule has 0 saturated carbocycles. The third kappa shape index (κ3) is 3.38. The highest BCUT2D eigenvalue weighted by atomic mass is 79.9. The van der Waals surface area contributed by atoms with Gasteiger partial charge in [-0.05, 0) is 38.9 Å². The van der Waals surface area contributed by atoms with Crippen LogP contribution in [0.25, 0.3) is 0 Å². The van der Waals surface area contributed by atoms with Crippen molar-refractivity contribution in [2.75, 3.05) is 24.2 Å². The summed E-state index contributed by atoms with van der Waals surface area (Å²) in [6.07, 6.45) is 3.27. The number of nitrogens with zero attached hydrogens (tertiary/aromatic N) is 1. The predicted molar refractivity (Wildman–Crippen MR) is 70.8 cm³/mol. The number of thioether (sulfide) groups is 1. The van der Waals surface area contributed by atoms with E-state index >= 15 is 0 Å². The molecule has 1 unspecified atom stereocenters. The molecule has 1 rings (SSSR count). The van der Waals surface area contributed by atoms with Gasteiger partial charge < -0.3 is 4.90 Å². The second-order valence-electron chi connectivity index (χ2n) is 4.11. The topological polar surface area (TPSA) is 20.3 Å². The van der Waals surface area contributed by atoms with Crippen LogP contribution in [0.15, 0.2) is 0 Å². The molecule has 2 nitrogen and oxygen atoms in total. The third-order valence-electron chi connectivity index (χ3n) is 2.90. The summed E-state index contributed by atoms with van der Waals surface area (Å²) in [4.78, 5) is 14.3. The van der Waals surface area contributed by atoms with E-state index in [9.17, 15) is 4.79 Å². The Morgan fingerprint density at radius 2 is 2.33 bits per heavy atom. The summed E-state index contributed by atoms with van der Waals surface area (Å²) in [5.41, 5.74) is 0. The van der Waals surface area contributed by atoms with Crippen molar-refractivity contribution in [3.63, 3.8) is 0 Å². The minimum atomic E-state index is -0.137. The van der Waals surface area contributed by atoms with Gasteiger partial charge in [0.25, 0.3) is 0 Å². The summed E-state index contributed by atoms with van der Waals surface area (Å²) in [7, 11) is 0. The van der Waals surface area contributed by atoms with E-state index in [0.29, 0.717) is 5.91 Å². The van der Waals surface area contributed by atoms with Gasteiger partial charge in [0.15, 0.2) is 0 Å². The Bertz CT molecular complexity index is 217. The second-order valence-corrected chi connectivity index (χ2v) is 6.50. The lowest BCUT2D eigenvalue weighted by molar-refractivity contribution is -0.133. The van der Waals surface area contributed by atoms with Gasteiger partial charge in [0.2, 0.25) is 5.91 Å². The van der Waals surface area contributed by atoms with Crippen molar-refractivity contribution in [2.45, 2.75) is 37.9 Å². The molecule has 0 bridgehead atoms. The van der Waals surface area contributed by atoms with Crippen LogP contribution in [0.1, 0.15) is 33.1 Å². The van der Waals surface area contributed by atoms with Gasteiger partial charge in [-0.25, -0.2) is 0 Å². The average Bonchev–Trinajstić information content (AvgIpc) is 2.67. The van der Waals surface area contributed by atoms with E-state index in [1.165, 1.54) is 6.42 Å². The summed E-state index contributed by atoms with van der Waals surface area (Å²) in [6.45, 7) is 5.89. The van der Waals surface area contributed by atoms with Gasteiger partial charge in [0.1, 0.15) is 0 Å². The predicted octanol–water partition coefficient (Wildman–Crippen LogP) is 2.91. The number of rotatable bonds is 5. The molecule has 0 aromatic heterocycles. The van der Waals surface area contributed by atoms with E-state index in [4.69, 9.17) is 0 Å². The zero-order valence-corrected chi connectivity index (χ0v) is 12.0. The Kier molecular flexibility index (Phi) is 5.47. The van der Waals surface area contributed by atoms with Gasteiger partial charge in [-0.15, -0.1) is 11.8 Å². The van der Waals surface area contributed by atoms with E-state index < -0.39 is 0 Å². The first-order valence-electron chi connectivity index (χ1n) is 5.63. The Balaban J connectivity index is 2.55. The molecule has 0 radical (unpaired) electrons. The minimum Gasteiger partial charge on any atom is -0.342 e. The number of carbonyl (C=O) groups excluding carboxylic acids is 1. The molecule has 1 heterocycles. The number of halogens is 1. The quantitative estimate of drug-likeness (QED) is 0.727. The Labute approximate surface area is 105 Å². The van der Waals surface area contributed by atoms with Gasteiger partial charge >= 0.3 is 0 Å². The SMILES string of the molecule is CCN(CCCBr)C(=O)C1(C)CCCS1. The first kappa shape index (κ1) is 13.4. The molecule has 0 N–H and O–H groups in total. The van der Waals surface area contributed by atoms with Crippen LogP contribution in [0, 0.1) is 0 Å². The lowest BCUT2D eigenvalue weighted by atomic mass is 10.0. The normalized spacial score (nSPS) is 25.5. The smallest absolute Gasteiger partial charge is 0.238 e. The van der Waals surface area contributed by atoms with Gasteiger partial charge in [-0.1, -0.05) is 15.9 Å². The molecule has 1 aliphatic heterocycles.